The highest BCUT2D eigenvalue weighted by Gasteiger charge is 2.02. The minimum Gasteiger partial charge on any atom is -0.397 e. The third-order valence-electron chi connectivity index (χ3n) is 1.62. The van der Waals surface area contributed by atoms with E-state index < -0.39 is 0 Å². The lowest BCUT2D eigenvalue weighted by atomic mass is 10.4. The molecule has 1 rings (SSSR count). The maximum absolute atomic E-state index is 5.76. The lowest BCUT2D eigenvalue weighted by Crippen LogP contribution is -2.14. The SMILES string of the molecule is CN(C)CCSc1ncc(Cl)cc1N. The maximum atomic E-state index is 5.76. The van der Waals surface area contributed by atoms with Gasteiger partial charge in [-0.25, -0.2) is 4.98 Å². The molecule has 0 radical (unpaired) electrons. The zero-order valence-electron chi connectivity index (χ0n) is 8.33. The molecule has 2 N–H and O–H groups in total. The van der Waals surface area contributed by atoms with E-state index in [0.717, 1.165) is 17.3 Å². The van der Waals surface area contributed by atoms with Crippen LogP contribution in [0.5, 0.6) is 0 Å². The van der Waals surface area contributed by atoms with E-state index in [1.807, 2.05) is 14.1 Å². The Morgan fingerprint density at radius 1 is 1.57 bits per heavy atom. The predicted octanol–water partition coefficient (Wildman–Crippen LogP) is 1.97. The van der Waals surface area contributed by atoms with Crippen LogP contribution < -0.4 is 5.73 Å². The molecule has 0 spiro atoms. The molecule has 1 aromatic rings. The molecule has 0 aliphatic rings. The molecule has 14 heavy (non-hydrogen) atoms. The van der Waals surface area contributed by atoms with Gasteiger partial charge in [0.15, 0.2) is 0 Å². The summed E-state index contributed by atoms with van der Waals surface area (Å²) in [5.74, 6) is 0.978. The van der Waals surface area contributed by atoms with Gasteiger partial charge in [0.05, 0.1) is 10.7 Å². The van der Waals surface area contributed by atoms with Gasteiger partial charge in [-0.05, 0) is 20.2 Å². The van der Waals surface area contributed by atoms with Crippen molar-refractivity contribution in [2.24, 2.45) is 0 Å². The van der Waals surface area contributed by atoms with Crippen LogP contribution in [0.25, 0.3) is 0 Å². The summed E-state index contributed by atoms with van der Waals surface area (Å²) >= 11 is 7.39. The molecule has 0 fully saturated rings. The minimum absolute atomic E-state index is 0.583. The Balaban J connectivity index is 2.51. The average Bonchev–Trinajstić information content (AvgIpc) is 2.08. The van der Waals surface area contributed by atoms with Gasteiger partial charge < -0.3 is 10.6 Å². The molecule has 0 aliphatic carbocycles. The van der Waals surface area contributed by atoms with Gasteiger partial charge in [0.1, 0.15) is 5.03 Å². The number of anilines is 1. The number of aromatic nitrogens is 1. The molecule has 0 saturated carbocycles. The summed E-state index contributed by atoms with van der Waals surface area (Å²) in [6.45, 7) is 1.01. The van der Waals surface area contributed by atoms with Gasteiger partial charge in [0.2, 0.25) is 0 Å². The average molecular weight is 232 g/mol. The number of halogens is 1. The fraction of sp³-hybridized carbons (Fsp3) is 0.444. The van der Waals surface area contributed by atoms with Crippen molar-refractivity contribution in [2.45, 2.75) is 5.03 Å². The normalized spacial score (nSPS) is 10.9. The molecule has 0 aliphatic heterocycles. The molecule has 0 atom stereocenters. The first-order valence-electron chi connectivity index (χ1n) is 4.28. The second-order valence-electron chi connectivity index (χ2n) is 3.20. The Morgan fingerprint density at radius 3 is 2.86 bits per heavy atom. The molecule has 1 aromatic heterocycles. The third kappa shape index (κ3) is 3.74. The van der Waals surface area contributed by atoms with E-state index in [9.17, 15) is 0 Å². The molecular weight excluding hydrogens is 218 g/mol. The lowest BCUT2D eigenvalue weighted by Gasteiger charge is -2.09. The van der Waals surface area contributed by atoms with Crippen molar-refractivity contribution in [3.63, 3.8) is 0 Å². The fourth-order valence-corrected chi connectivity index (χ4v) is 2.06. The Labute approximate surface area is 93.6 Å². The Hall–Kier alpha value is -0.450. The lowest BCUT2D eigenvalue weighted by molar-refractivity contribution is 0.437. The molecule has 0 unspecified atom stereocenters. The standard InChI is InChI=1S/C9H14ClN3S/c1-13(2)3-4-14-9-8(11)5-7(10)6-12-9/h5-6H,3-4,11H2,1-2H3. The van der Waals surface area contributed by atoms with Gasteiger partial charge in [0.25, 0.3) is 0 Å². The van der Waals surface area contributed by atoms with Crippen LogP contribution in [0.15, 0.2) is 17.3 Å². The van der Waals surface area contributed by atoms with Gasteiger partial charge in [-0.15, -0.1) is 11.8 Å². The van der Waals surface area contributed by atoms with Crippen LogP contribution in [0.2, 0.25) is 5.02 Å². The zero-order chi connectivity index (χ0) is 10.6. The van der Waals surface area contributed by atoms with Gasteiger partial charge in [0, 0.05) is 18.5 Å². The summed E-state index contributed by atoms with van der Waals surface area (Å²) in [6.07, 6.45) is 1.62. The molecule has 3 nitrogen and oxygen atoms in total. The third-order valence-corrected chi connectivity index (χ3v) is 2.83. The Morgan fingerprint density at radius 2 is 2.29 bits per heavy atom. The van der Waals surface area contributed by atoms with E-state index in [1.165, 1.54) is 0 Å². The number of nitrogens with zero attached hydrogens (tertiary/aromatic N) is 2. The van der Waals surface area contributed by atoms with Crippen molar-refractivity contribution >= 4 is 29.1 Å². The number of hydrogen-bond donors (Lipinski definition) is 1. The summed E-state index contributed by atoms with van der Waals surface area (Å²) in [4.78, 5) is 6.29. The highest BCUT2D eigenvalue weighted by Crippen LogP contribution is 2.24. The predicted molar refractivity (Wildman–Crippen MR) is 62.9 cm³/mol. The van der Waals surface area contributed by atoms with Crippen molar-refractivity contribution in [1.29, 1.82) is 0 Å². The summed E-state index contributed by atoms with van der Waals surface area (Å²) in [6, 6.07) is 1.73. The van der Waals surface area contributed by atoms with Crippen LogP contribution in [-0.4, -0.2) is 36.3 Å². The minimum atomic E-state index is 0.583. The van der Waals surface area contributed by atoms with Crippen LogP contribution in [0.1, 0.15) is 0 Å². The molecule has 1 heterocycles. The smallest absolute Gasteiger partial charge is 0.119 e. The van der Waals surface area contributed by atoms with E-state index in [2.05, 4.69) is 9.88 Å². The van der Waals surface area contributed by atoms with Gasteiger partial charge in [-0.1, -0.05) is 11.6 Å². The van der Waals surface area contributed by atoms with Crippen molar-refractivity contribution < 1.29 is 0 Å². The molecular formula is C9H14ClN3S. The number of thioether (sulfide) groups is 1. The van der Waals surface area contributed by atoms with E-state index in [-0.39, 0.29) is 0 Å². The first kappa shape index (κ1) is 11.6. The number of pyridine rings is 1. The van der Waals surface area contributed by atoms with E-state index >= 15 is 0 Å². The quantitative estimate of drug-likeness (QED) is 0.805. The molecule has 0 aromatic carbocycles. The zero-order valence-corrected chi connectivity index (χ0v) is 9.90. The summed E-state index contributed by atoms with van der Waals surface area (Å²) in [5.41, 5.74) is 6.41. The first-order chi connectivity index (χ1) is 6.59. The summed E-state index contributed by atoms with van der Waals surface area (Å²) in [5, 5.41) is 1.44. The van der Waals surface area contributed by atoms with Crippen LogP contribution in [0.3, 0.4) is 0 Å². The van der Waals surface area contributed by atoms with Crippen LogP contribution >= 0.6 is 23.4 Å². The maximum Gasteiger partial charge on any atom is 0.119 e. The monoisotopic (exact) mass is 231 g/mol. The second kappa shape index (κ2) is 5.44. The Kier molecular flexibility index (Phi) is 4.51. The van der Waals surface area contributed by atoms with Crippen LogP contribution in [-0.2, 0) is 0 Å². The molecule has 5 heteroatoms. The number of rotatable bonds is 4. The van der Waals surface area contributed by atoms with Gasteiger partial charge >= 0.3 is 0 Å². The van der Waals surface area contributed by atoms with Crippen molar-refractivity contribution in [3.8, 4) is 0 Å². The van der Waals surface area contributed by atoms with Gasteiger partial charge in [-0.2, -0.15) is 0 Å². The van der Waals surface area contributed by atoms with E-state index in [4.69, 9.17) is 17.3 Å². The number of nitrogens with two attached hydrogens (primary N) is 1. The fourth-order valence-electron chi connectivity index (χ4n) is 0.888. The molecule has 0 bridgehead atoms. The van der Waals surface area contributed by atoms with Crippen molar-refractivity contribution in [2.75, 3.05) is 32.1 Å². The molecule has 0 saturated heterocycles. The Bertz CT molecular complexity index is 304. The van der Waals surface area contributed by atoms with Gasteiger partial charge in [-0.3, -0.25) is 0 Å². The molecule has 78 valence electrons. The summed E-state index contributed by atoms with van der Waals surface area (Å²) < 4.78 is 0. The molecule has 0 amide bonds. The van der Waals surface area contributed by atoms with E-state index in [0.29, 0.717) is 10.7 Å². The van der Waals surface area contributed by atoms with Crippen LogP contribution in [0.4, 0.5) is 5.69 Å². The number of nitrogen functional groups attached to an aromatic ring is 1. The summed E-state index contributed by atoms with van der Waals surface area (Å²) in [7, 11) is 4.08. The van der Waals surface area contributed by atoms with E-state index in [1.54, 1.807) is 24.0 Å². The largest absolute Gasteiger partial charge is 0.397 e. The van der Waals surface area contributed by atoms with Crippen molar-refractivity contribution in [1.82, 2.24) is 9.88 Å². The highest BCUT2D eigenvalue weighted by molar-refractivity contribution is 7.99. The number of hydrogen-bond acceptors (Lipinski definition) is 4. The topological polar surface area (TPSA) is 42.2 Å². The first-order valence-corrected chi connectivity index (χ1v) is 5.64. The second-order valence-corrected chi connectivity index (χ2v) is 4.72. The van der Waals surface area contributed by atoms with Crippen molar-refractivity contribution in [3.05, 3.63) is 17.3 Å². The van der Waals surface area contributed by atoms with Crippen LogP contribution in [0, 0.1) is 0 Å². The highest BCUT2D eigenvalue weighted by atomic mass is 35.5.